The summed E-state index contributed by atoms with van der Waals surface area (Å²) in [4.78, 5) is 12.3. The SMILES string of the molecule is CCCNc1nc(Cl)nc(NCCC2CCCO2)n1. The van der Waals surface area contributed by atoms with Crippen LogP contribution in [-0.2, 0) is 4.74 Å². The smallest absolute Gasteiger partial charge is 0.228 e. The summed E-state index contributed by atoms with van der Waals surface area (Å²) in [5, 5.41) is 6.46. The minimum atomic E-state index is 0.202. The molecule has 1 fully saturated rings. The van der Waals surface area contributed by atoms with Crippen molar-refractivity contribution in [1.29, 1.82) is 0 Å². The number of hydrogen-bond acceptors (Lipinski definition) is 6. The van der Waals surface area contributed by atoms with Gasteiger partial charge in [-0.3, -0.25) is 0 Å². The normalized spacial score (nSPS) is 18.5. The minimum Gasteiger partial charge on any atom is -0.378 e. The molecule has 0 saturated carbocycles. The molecule has 2 N–H and O–H groups in total. The van der Waals surface area contributed by atoms with E-state index in [0.717, 1.165) is 45.4 Å². The number of hydrogen-bond donors (Lipinski definition) is 2. The van der Waals surface area contributed by atoms with Crippen molar-refractivity contribution < 1.29 is 4.74 Å². The Hall–Kier alpha value is -1.14. The molecule has 0 bridgehead atoms. The van der Waals surface area contributed by atoms with Gasteiger partial charge in [0.25, 0.3) is 0 Å². The summed E-state index contributed by atoms with van der Waals surface area (Å²) >= 11 is 5.87. The first-order valence-electron chi connectivity index (χ1n) is 6.79. The van der Waals surface area contributed by atoms with E-state index in [0.29, 0.717) is 18.0 Å². The second-order valence-corrected chi connectivity index (χ2v) is 4.87. The lowest BCUT2D eigenvalue weighted by Crippen LogP contribution is -2.15. The Morgan fingerprint density at radius 3 is 2.58 bits per heavy atom. The maximum Gasteiger partial charge on any atom is 0.228 e. The summed E-state index contributed by atoms with van der Waals surface area (Å²) < 4.78 is 5.56. The van der Waals surface area contributed by atoms with Crippen LogP contribution in [0.25, 0.3) is 0 Å². The number of halogens is 1. The van der Waals surface area contributed by atoms with Gasteiger partial charge in [-0.25, -0.2) is 0 Å². The molecule has 1 aromatic heterocycles. The van der Waals surface area contributed by atoms with Gasteiger partial charge in [0.15, 0.2) is 0 Å². The van der Waals surface area contributed by atoms with Gasteiger partial charge in [-0.15, -0.1) is 0 Å². The Morgan fingerprint density at radius 1 is 1.21 bits per heavy atom. The zero-order chi connectivity index (χ0) is 13.5. The molecule has 106 valence electrons. The van der Waals surface area contributed by atoms with Crippen LogP contribution >= 0.6 is 11.6 Å². The maximum atomic E-state index is 5.87. The average molecular weight is 286 g/mol. The van der Waals surface area contributed by atoms with Crippen LogP contribution in [-0.4, -0.2) is 40.8 Å². The zero-order valence-electron chi connectivity index (χ0n) is 11.2. The highest BCUT2D eigenvalue weighted by molar-refractivity contribution is 6.28. The molecule has 1 unspecified atom stereocenters. The van der Waals surface area contributed by atoms with Crippen LogP contribution in [0.15, 0.2) is 0 Å². The molecule has 0 aliphatic carbocycles. The molecule has 1 atom stereocenters. The van der Waals surface area contributed by atoms with E-state index in [-0.39, 0.29) is 5.28 Å². The van der Waals surface area contributed by atoms with Crippen LogP contribution in [0.2, 0.25) is 5.28 Å². The van der Waals surface area contributed by atoms with Crippen molar-refractivity contribution in [2.24, 2.45) is 0 Å². The van der Waals surface area contributed by atoms with Crippen LogP contribution in [0.1, 0.15) is 32.6 Å². The molecule has 1 aromatic rings. The van der Waals surface area contributed by atoms with Gasteiger partial charge in [0.1, 0.15) is 0 Å². The Bertz CT molecular complexity index is 398. The quantitative estimate of drug-likeness (QED) is 0.801. The van der Waals surface area contributed by atoms with E-state index in [4.69, 9.17) is 16.3 Å². The third-order valence-electron chi connectivity index (χ3n) is 2.91. The van der Waals surface area contributed by atoms with E-state index in [9.17, 15) is 0 Å². The molecule has 0 amide bonds. The number of aromatic nitrogens is 3. The van der Waals surface area contributed by atoms with Gasteiger partial charge < -0.3 is 15.4 Å². The fraction of sp³-hybridized carbons (Fsp3) is 0.750. The molecule has 0 radical (unpaired) electrons. The third-order valence-corrected chi connectivity index (χ3v) is 3.08. The first kappa shape index (κ1) is 14.3. The molecule has 0 spiro atoms. The van der Waals surface area contributed by atoms with Gasteiger partial charge in [0, 0.05) is 19.7 Å². The summed E-state index contributed by atoms with van der Waals surface area (Å²) in [5.41, 5.74) is 0. The Balaban J connectivity index is 1.82. The van der Waals surface area contributed by atoms with Crippen molar-refractivity contribution >= 4 is 23.5 Å². The van der Waals surface area contributed by atoms with Gasteiger partial charge in [0.2, 0.25) is 17.2 Å². The predicted molar refractivity (Wildman–Crippen MR) is 75.7 cm³/mol. The van der Waals surface area contributed by atoms with E-state index >= 15 is 0 Å². The van der Waals surface area contributed by atoms with Crippen molar-refractivity contribution in [2.75, 3.05) is 30.3 Å². The van der Waals surface area contributed by atoms with Crippen LogP contribution in [0.5, 0.6) is 0 Å². The Kier molecular flexibility index (Phi) is 5.60. The Morgan fingerprint density at radius 2 is 1.95 bits per heavy atom. The molecular formula is C12H20ClN5O. The molecular weight excluding hydrogens is 266 g/mol. The molecule has 2 heterocycles. The number of nitrogens with one attached hydrogen (secondary N) is 2. The van der Waals surface area contributed by atoms with Gasteiger partial charge in [-0.1, -0.05) is 6.92 Å². The van der Waals surface area contributed by atoms with Crippen LogP contribution in [0.4, 0.5) is 11.9 Å². The molecule has 1 aliphatic heterocycles. The highest BCUT2D eigenvalue weighted by Gasteiger charge is 2.14. The number of anilines is 2. The van der Waals surface area contributed by atoms with Crippen LogP contribution in [0, 0.1) is 0 Å². The highest BCUT2D eigenvalue weighted by atomic mass is 35.5. The monoisotopic (exact) mass is 285 g/mol. The van der Waals surface area contributed by atoms with Crippen molar-refractivity contribution in [2.45, 2.75) is 38.7 Å². The van der Waals surface area contributed by atoms with E-state index in [1.165, 1.54) is 0 Å². The third kappa shape index (κ3) is 4.80. The number of nitrogens with zero attached hydrogens (tertiary/aromatic N) is 3. The molecule has 1 aliphatic rings. The fourth-order valence-corrected chi connectivity index (χ4v) is 2.12. The van der Waals surface area contributed by atoms with Gasteiger partial charge in [-0.2, -0.15) is 15.0 Å². The van der Waals surface area contributed by atoms with Gasteiger partial charge in [0.05, 0.1) is 6.10 Å². The molecule has 1 saturated heterocycles. The molecule has 19 heavy (non-hydrogen) atoms. The second kappa shape index (κ2) is 7.45. The van der Waals surface area contributed by atoms with E-state index in [1.807, 2.05) is 0 Å². The lowest BCUT2D eigenvalue weighted by molar-refractivity contribution is 0.107. The van der Waals surface area contributed by atoms with Crippen molar-refractivity contribution in [3.05, 3.63) is 5.28 Å². The zero-order valence-corrected chi connectivity index (χ0v) is 11.9. The number of rotatable bonds is 7. The van der Waals surface area contributed by atoms with E-state index < -0.39 is 0 Å². The largest absolute Gasteiger partial charge is 0.378 e. The molecule has 6 nitrogen and oxygen atoms in total. The summed E-state index contributed by atoms with van der Waals surface area (Å²) in [6.07, 6.45) is 4.63. The fourth-order valence-electron chi connectivity index (χ4n) is 1.96. The number of ether oxygens (including phenoxy) is 1. The summed E-state index contributed by atoms with van der Waals surface area (Å²) in [6, 6.07) is 0. The minimum absolute atomic E-state index is 0.202. The van der Waals surface area contributed by atoms with Crippen molar-refractivity contribution in [3.8, 4) is 0 Å². The highest BCUT2D eigenvalue weighted by Crippen LogP contribution is 2.15. The predicted octanol–water partition coefficient (Wildman–Crippen LogP) is 2.33. The van der Waals surface area contributed by atoms with Crippen LogP contribution < -0.4 is 10.6 Å². The van der Waals surface area contributed by atoms with Crippen molar-refractivity contribution in [3.63, 3.8) is 0 Å². The second-order valence-electron chi connectivity index (χ2n) is 4.53. The van der Waals surface area contributed by atoms with E-state index in [2.05, 4.69) is 32.5 Å². The summed E-state index contributed by atoms with van der Waals surface area (Å²) in [5.74, 6) is 1.03. The topological polar surface area (TPSA) is 72.0 Å². The molecule has 2 rings (SSSR count). The van der Waals surface area contributed by atoms with Gasteiger partial charge >= 0.3 is 0 Å². The maximum absolute atomic E-state index is 5.87. The van der Waals surface area contributed by atoms with Gasteiger partial charge in [-0.05, 0) is 37.3 Å². The summed E-state index contributed by atoms with van der Waals surface area (Å²) in [6.45, 7) is 4.55. The lowest BCUT2D eigenvalue weighted by Gasteiger charge is -2.10. The first-order valence-corrected chi connectivity index (χ1v) is 7.16. The Labute approximate surface area is 118 Å². The first-order chi connectivity index (χ1) is 9.28. The van der Waals surface area contributed by atoms with Crippen LogP contribution in [0.3, 0.4) is 0 Å². The van der Waals surface area contributed by atoms with Crippen molar-refractivity contribution in [1.82, 2.24) is 15.0 Å². The standard InChI is InChI=1S/C12H20ClN5O/c1-2-6-14-11-16-10(13)17-12(18-11)15-7-5-9-4-3-8-19-9/h9H,2-8H2,1H3,(H2,14,15,16,17,18). The summed E-state index contributed by atoms with van der Waals surface area (Å²) in [7, 11) is 0. The average Bonchev–Trinajstić information content (AvgIpc) is 2.89. The molecule has 0 aromatic carbocycles. The lowest BCUT2D eigenvalue weighted by atomic mass is 10.2. The van der Waals surface area contributed by atoms with E-state index in [1.54, 1.807) is 0 Å². The molecule has 7 heteroatoms.